The summed E-state index contributed by atoms with van der Waals surface area (Å²) in [5, 5.41) is 17.5. The number of aliphatic carboxylic acids is 1. The zero-order chi connectivity index (χ0) is 30.8. The SMILES string of the molecule is Cc1oc(C2(C)C(=O)Nc3nc(-c4nn(Cc5cccc(F)c5)c5cc(F)ccc45)nc(N)c32)nc1CC(C)(C)C(=O)O. The van der Waals surface area contributed by atoms with Gasteiger partial charge in [0.05, 0.1) is 28.7 Å². The van der Waals surface area contributed by atoms with E-state index in [1.54, 1.807) is 45.9 Å². The van der Waals surface area contributed by atoms with Gasteiger partial charge in [-0.05, 0) is 63.6 Å². The quantitative estimate of drug-likeness (QED) is 0.247. The molecule has 4 N–H and O–H groups in total. The molecule has 0 spiro atoms. The summed E-state index contributed by atoms with van der Waals surface area (Å²) in [5.74, 6) is -1.79. The highest BCUT2D eigenvalue weighted by Gasteiger charge is 2.52. The summed E-state index contributed by atoms with van der Waals surface area (Å²) in [6.45, 7) is 6.53. The summed E-state index contributed by atoms with van der Waals surface area (Å²) in [7, 11) is 0. The Balaban J connectivity index is 1.43. The van der Waals surface area contributed by atoms with Crippen LogP contribution in [0.25, 0.3) is 22.4 Å². The molecule has 2 aromatic carbocycles. The van der Waals surface area contributed by atoms with Crippen LogP contribution in [-0.2, 0) is 28.0 Å². The third-order valence-electron chi connectivity index (χ3n) is 7.78. The summed E-state index contributed by atoms with van der Waals surface area (Å²) in [5.41, 5.74) is 5.83. The minimum absolute atomic E-state index is 0.0285. The summed E-state index contributed by atoms with van der Waals surface area (Å²) in [6.07, 6.45) is 0.0824. The number of rotatable bonds is 7. The highest BCUT2D eigenvalue weighted by Crippen LogP contribution is 2.45. The largest absolute Gasteiger partial charge is 0.481 e. The van der Waals surface area contributed by atoms with E-state index in [-0.39, 0.29) is 47.6 Å². The van der Waals surface area contributed by atoms with E-state index in [0.717, 1.165) is 0 Å². The Hall–Kier alpha value is -5.20. The van der Waals surface area contributed by atoms with Gasteiger partial charge in [-0.1, -0.05) is 12.1 Å². The molecule has 0 fully saturated rings. The van der Waals surface area contributed by atoms with Crippen LogP contribution >= 0.6 is 0 Å². The first kappa shape index (κ1) is 27.9. The lowest BCUT2D eigenvalue weighted by molar-refractivity contribution is -0.146. The molecule has 1 unspecified atom stereocenters. The molecule has 1 amide bonds. The van der Waals surface area contributed by atoms with Gasteiger partial charge < -0.3 is 20.6 Å². The number of carbonyl (C=O) groups is 2. The Labute approximate surface area is 243 Å². The van der Waals surface area contributed by atoms with Crippen LogP contribution in [0.5, 0.6) is 0 Å². The third kappa shape index (κ3) is 4.57. The van der Waals surface area contributed by atoms with Crippen molar-refractivity contribution in [3.63, 3.8) is 0 Å². The number of benzene rings is 2. The number of nitrogens with one attached hydrogen (secondary N) is 1. The standard InChI is InChI=1S/C30H27F2N7O4/c1-14-19(12-29(2,3)28(41)42)34-27(43-14)30(4)21-23(33)35-25(36-24(21)37-26(30)40)22-18-9-8-17(32)11-20(18)39(38-22)13-15-6-5-7-16(31)10-15/h5-11H,12-13H2,1-4H3,(H,41,42)(H3,33,35,36,37,40). The molecule has 1 aliphatic heterocycles. The number of hydrogen-bond acceptors (Lipinski definition) is 8. The van der Waals surface area contributed by atoms with Gasteiger partial charge >= 0.3 is 5.97 Å². The number of aromatic nitrogens is 5. The van der Waals surface area contributed by atoms with Gasteiger partial charge in [-0.15, -0.1) is 0 Å². The maximum atomic E-state index is 14.3. The molecule has 5 aromatic rings. The minimum atomic E-state index is -1.50. The fraction of sp³-hybridized carbons (Fsp3) is 0.267. The van der Waals surface area contributed by atoms with Crippen molar-refractivity contribution >= 4 is 34.4 Å². The number of nitrogen functional groups attached to an aromatic ring is 1. The second kappa shape index (κ2) is 9.68. The predicted molar refractivity (Wildman–Crippen MR) is 152 cm³/mol. The molecule has 6 rings (SSSR count). The maximum Gasteiger partial charge on any atom is 0.309 e. The minimum Gasteiger partial charge on any atom is -0.481 e. The van der Waals surface area contributed by atoms with E-state index >= 15 is 0 Å². The van der Waals surface area contributed by atoms with Crippen molar-refractivity contribution in [3.8, 4) is 11.5 Å². The van der Waals surface area contributed by atoms with Crippen LogP contribution in [-0.4, -0.2) is 41.7 Å². The molecule has 0 bridgehead atoms. The molecule has 13 heteroatoms. The fourth-order valence-electron chi connectivity index (χ4n) is 5.26. The molecule has 11 nitrogen and oxygen atoms in total. The predicted octanol–water partition coefficient (Wildman–Crippen LogP) is 4.61. The van der Waals surface area contributed by atoms with Crippen LogP contribution < -0.4 is 11.1 Å². The number of halogens is 2. The lowest BCUT2D eigenvalue weighted by atomic mass is 9.84. The summed E-state index contributed by atoms with van der Waals surface area (Å²) in [4.78, 5) is 38.7. The van der Waals surface area contributed by atoms with E-state index in [1.165, 1.54) is 28.9 Å². The molecule has 1 aliphatic rings. The number of carbonyl (C=O) groups excluding carboxylic acids is 1. The lowest BCUT2D eigenvalue weighted by Gasteiger charge is -2.19. The first-order valence-corrected chi connectivity index (χ1v) is 13.4. The van der Waals surface area contributed by atoms with Crippen molar-refractivity contribution in [1.82, 2.24) is 24.7 Å². The first-order chi connectivity index (χ1) is 20.3. The molecule has 3 aromatic heterocycles. The number of nitrogens with zero attached hydrogens (tertiary/aromatic N) is 5. The molecular formula is C30H27F2N7O4. The molecule has 0 aliphatic carbocycles. The highest BCUT2D eigenvalue weighted by molar-refractivity contribution is 6.08. The molecule has 220 valence electrons. The van der Waals surface area contributed by atoms with Gasteiger partial charge in [0, 0.05) is 11.8 Å². The van der Waals surface area contributed by atoms with Gasteiger partial charge in [0.25, 0.3) is 0 Å². The number of aryl methyl sites for hydroxylation is 1. The van der Waals surface area contributed by atoms with E-state index in [1.807, 2.05) is 0 Å². The van der Waals surface area contributed by atoms with Gasteiger partial charge in [0.15, 0.2) is 11.2 Å². The van der Waals surface area contributed by atoms with Crippen LogP contribution in [0.4, 0.5) is 20.4 Å². The van der Waals surface area contributed by atoms with Crippen LogP contribution in [0.2, 0.25) is 0 Å². The molecule has 43 heavy (non-hydrogen) atoms. The van der Waals surface area contributed by atoms with Gasteiger partial charge in [0.2, 0.25) is 11.8 Å². The van der Waals surface area contributed by atoms with Crippen molar-refractivity contribution in [3.05, 3.63) is 82.6 Å². The zero-order valence-electron chi connectivity index (χ0n) is 23.7. The molecule has 1 atom stereocenters. The molecule has 0 saturated heterocycles. The number of hydrogen-bond donors (Lipinski definition) is 3. The number of oxazole rings is 1. The first-order valence-electron chi connectivity index (χ1n) is 13.4. The van der Waals surface area contributed by atoms with E-state index in [2.05, 4.69) is 25.4 Å². The van der Waals surface area contributed by atoms with Gasteiger partial charge in [-0.3, -0.25) is 14.3 Å². The van der Waals surface area contributed by atoms with Crippen LogP contribution in [0.3, 0.4) is 0 Å². The molecule has 4 heterocycles. The van der Waals surface area contributed by atoms with E-state index in [9.17, 15) is 23.5 Å². The van der Waals surface area contributed by atoms with E-state index < -0.39 is 34.3 Å². The van der Waals surface area contributed by atoms with Crippen LogP contribution in [0, 0.1) is 24.0 Å². The Morgan fingerprint density at radius 3 is 2.60 bits per heavy atom. The Morgan fingerprint density at radius 2 is 1.88 bits per heavy atom. The van der Waals surface area contributed by atoms with Gasteiger partial charge in [-0.2, -0.15) is 5.10 Å². The zero-order valence-corrected chi connectivity index (χ0v) is 23.7. The smallest absolute Gasteiger partial charge is 0.309 e. The van der Waals surface area contributed by atoms with E-state index in [4.69, 9.17) is 10.2 Å². The second-order valence-electron chi connectivity index (χ2n) is 11.4. The van der Waals surface area contributed by atoms with Crippen molar-refractivity contribution in [2.75, 3.05) is 11.1 Å². The number of fused-ring (bicyclic) bond motifs is 2. The number of amides is 1. The number of carboxylic acids is 1. The van der Waals surface area contributed by atoms with Crippen molar-refractivity contribution in [1.29, 1.82) is 0 Å². The molecular weight excluding hydrogens is 560 g/mol. The molecule has 0 saturated carbocycles. The fourth-order valence-corrected chi connectivity index (χ4v) is 5.26. The number of anilines is 2. The van der Waals surface area contributed by atoms with Crippen LogP contribution in [0.1, 0.15) is 49.2 Å². The summed E-state index contributed by atoms with van der Waals surface area (Å²) >= 11 is 0. The van der Waals surface area contributed by atoms with Gasteiger partial charge in [-0.25, -0.2) is 23.7 Å². The Morgan fingerprint density at radius 1 is 1.14 bits per heavy atom. The highest BCUT2D eigenvalue weighted by atomic mass is 19.1. The summed E-state index contributed by atoms with van der Waals surface area (Å²) < 4.78 is 35.6. The average Bonchev–Trinajstić information content (AvgIpc) is 3.55. The number of carboxylic acid groups (broad SMARTS) is 1. The Bertz CT molecular complexity index is 1970. The third-order valence-corrected chi connectivity index (χ3v) is 7.78. The van der Waals surface area contributed by atoms with Crippen molar-refractivity contribution in [2.24, 2.45) is 5.41 Å². The average molecular weight is 588 g/mol. The second-order valence-corrected chi connectivity index (χ2v) is 11.4. The van der Waals surface area contributed by atoms with E-state index in [0.29, 0.717) is 27.9 Å². The summed E-state index contributed by atoms with van der Waals surface area (Å²) in [6, 6.07) is 10.1. The normalized spacial score (nSPS) is 16.5. The number of nitrogens with two attached hydrogens (primary N) is 1. The molecule has 0 radical (unpaired) electrons. The lowest BCUT2D eigenvalue weighted by Crippen LogP contribution is -2.33. The Kier molecular flexibility index (Phi) is 6.29. The maximum absolute atomic E-state index is 14.3. The van der Waals surface area contributed by atoms with Gasteiger partial charge in [0.1, 0.15) is 34.7 Å². The van der Waals surface area contributed by atoms with Crippen LogP contribution in [0.15, 0.2) is 46.9 Å². The topological polar surface area (TPSA) is 162 Å². The van der Waals surface area contributed by atoms with Crippen molar-refractivity contribution < 1.29 is 27.9 Å². The van der Waals surface area contributed by atoms with Crippen molar-refractivity contribution in [2.45, 2.75) is 46.1 Å². The monoisotopic (exact) mass is 587 g/mol.